The highest BCUT2D eigenvalue weighted by Crippen LogP contribution is 2.19. The van der Waals surface area contributed by atoms with Gasteiger partial charge in [0.05, 0.1) is 6.04 Å². The second-order valence-corrected chi connectivity index (χ2v) is 7.27. The lowest BCUT2D eigenvalue weighted by Gasteiger charge is -2.33. The largest absolute Gasteiger partial charge is 0.349 e. The van der Waals surface area contributed by atoms with Crippen LogP contribution in [0.2, 0.25) is 0 Å². The molecular formula is C19H23N3O2S. The Morgan fingerprint density at radius 1 is 1.12 bits per heavy atom. The average molecular weight is 357 g/mol. The third-order valence-electron chi connectivity index (χ3n) is 4.46. The second-order valence-electron chi connectivity index (χ2n) is 6.29. The third kappa shape index (κ3) is 4.60. The molecule has 1 aromatic carbocycles. The number of likely N-dealkylation sites (tertiary alicyclic amines) is 1. The highest BCUT2D eigenvalue weighted by molar-refractivity contribution is 7.10. The number of carbonyl (C=O) groups excluding carboxylic acids is 2. The minimum Gasteiger partial charge on any atom is -0.349 e. The van der Waals surface area contributed by atoms with Gasteiger partial charge in [-0.25, -0.2) is 4.79 Å². The normalized spacial score (nSPS) is 16.3. The van der Waals surface area contributed by atoms with E-state index in [-0.39, 0.29) is 24.0 Å². The molecule has 1 aromatic heterocycles. The Kier molecular flexibility index (Phi) is 5.71. The fraction of sp³-hybridized carbons (Fsp3) is 0.368. The number of thiophene rings is 1. The molecule has 3 amide bonds. The summed E-state index contributed by atoms with van der Waals surface area (Å²) in [7, 11) is 0. The molecule has 2 N–H and O–H groups in total. The average Bonchev–Trinajstić information content (AvgIpc) is 3.18. The Bertz CT molecular complexity index is 695. The predicted octanol–water partition coefficient (Wildman–Crippen LogP) is 3.41. The molecule has 0 bridgehead atoms. The number of amides is 3. The van der Waals surface area contributed by atoms with Gasteiger partial charge in [0.2, 0.25) is 0 Å². The Balaban J connectivity index is 1.45. The van der Waals surface area contributed by atoms with E-state index < -0.39 is 0 Å². The van der Waals surface area contributed by atoms with Crippen molar-refractivity contribution < 1.29 is 9.59 Å². The summed E-state index contributed by atoms with van der Waals surface area (Å²) in [6.07, 6.45) is 1.55. The van der Waals surface area contributed by atoms with E-state index in [0.717, 1.165) is 17.7 Å². The number of urea groups is 1. The molecule has 0 saturated carbocycles. The molecule has 2 aromatic rings. The quantitative estimate of drug-likeness (QED) is 0.881. The van der Waals surface area contributed by atoms with Gasteiger partial charge in [-0.2, -0.15) is 0 Å². The lowest BCUT2D eigenvalue weighted by molar-refractivity contribution is 0.0917. The van der Waals surface area contributed by atoms with E-state index in [4.69, 9.17) is 0 Å². The first-order chi connectivity index (χ1) is 12.1. The van der Waals surface area contributed by atoms with Crippen molar-refractivity contribution in [2.75, 3.05) is 13.1 Å². The molecule has 0 radical (unpaired) electrons. The van der Waals surface area contributed by atoms with Crippen LogP contribution in [0.5, 0.6) is 0 Å². The summed E-state index contributed by atoms with van der Waals surface area (Å²) < 4.78 is 0. The van der Waals surface area contributed by atoms with Crippen LogP contribution in [-0.2, 0) is 0 Å². The van der Waals surface area contributed by atoms with Crippen LogP contribution in [0.25, 0.3) is 0 Å². The Labute approximate surface area is 152 Å². The summed E-state index contributed by atoms with van der Waals surface area (Å²) in [4.78, 5) is 27.6. The van der Waals surface area contributed by atoms with Crippen molar-refractivity contribution in [2.45, 2.75) is 31.8 Å². The number of hydrogen-bond donors (Lipinski definition) is 2. The number of rotatable bonds is 4. The molecule has 3 rings (SSSR count). The van der Waals surface area contributed by atoms with Crippen LogP contribution in [0.15, 0.2) is 47.8 Å². The van der Waals surface area contributed by atoms with Crippen LogP contribution in [0.4, 0.5) is 4.79 Å². The maximum absolute atomic E-state index is 12.4. The number of nitrogens with one attached hydrogen (secondary N) is 2. The molecule has 0 aliphatic carbocycles. The van der Waals surface area contributed by atoms with E-state index in [1.54, 1.807) is 11.3 Å². The molecule has 1 aliphatic heterocycles. The van der Waals surface area contributed by atoms with Gasteiger partial charge in [-0.05, 0) is 43.3 Å². The SMILES string of the molecule is C[C@H](NC(=O)N1CCC(NC(=O)c2ccccc2)CC1)c1cccs1. The van der Waals surface area contributed by atoms with E-state index in [1.807, 2.05) is 59.7 Å². The van der Waals surface area contributed by atoms with Crippen LogP contribution in [0, 0.1) is 0 Å². The summed E-state index contributed by atoms with van der Waals surface area (Å²) in [5.74, 6) is -0.0465. The first-order valence-electron chi connectivity index (χ1n) is 8.58. The summed E-state index contributed by atoms with van der Waals surface area (Å²) >= 11 is 1.64. The summed E-state index contributed by atoms with van der Waals surface area (Å²) in [6.45, 7) is 3.31. The van der Waals surface area contributed by atoms with Crippen molar-refractivity contribution in [3.63, 3.8) is 0 Å². The molecule has 0 unspecified atom stereocenters. The van der Waals surface area contributed by atoms with Crippen LogP contribution in [0.3, 0.4) is 0 Å². The third-order valence-corrected chi connectivity index (χ3v) is 5.52. The molecule has 6 heteroatoms. The smallest absolute Gasteiger partial charge is 0.317 e. The number of hydrogen-bond acceptors (Lipinski definition) is 3. The van der Waals surface area contributed by atoms with Gasteiger partial charge in [-0.1, -0.05) is 24.3 Å². The standard InChI is InChI=1S/C19H23N3O2S/c1-14(17-8-5-13-25-17)20-19(24)22-11-9-16(10-12-22)21-18(23)15-6-3-2-4-7-15/h2-8,13-14,16H,9-12H2,1H3,(H,20,24)(H,21,23)/t14-/m0/s1. The maximum Gasteiger partial charge on any atom is 0.317 e. The van der Waals surface area contributed by atoms with Gasteiger partial charge in [0.1, 0.15) is 0 Å². The van der Waals surface area contributed by atoms with Crippen LogP contribution < -0.4 is 10.6 Å². The highest BCUT2D eigenvalue weighted by Gasteiger charge is 2.25. The zero-order valence-electron chi connectivity index (χ0n) is 14.3. The molecule has 1 saturated heterocycles. The minimum atomic E-state index is -0.0465. The van der Waals surface area contributed by atoms with Crippen LogP contribution >= 0.6 is 11.3 Å². The number of nitrogens with zero attached hydrogens (tertiary/aromatic N) is 1. The molecular weight excluding hydrogens is 334 g/mol. The first-order valence-corrected chi connectivity index (χ1v) is 9.46. The molecule has 0 spiro atoms. The van der Waals surface area contributed by atoms with E-state index in [9.17, 15) is 9.59 Å². The Morgan fingerprint density at radius 3 is 2.48 bits per heavy atom. The van der Waals surface area contributed by atoms with Crippen molar-refractivity contribution in [3.8, 4) is 0 Å². The molecule has 2 heterocycles. The number of benzene rings is 1. The van der Waals surface area contributed by atoms with Gasteiger partial charge in [-0.3, -0.25) is 4.79 Å². The molecule has 1 fully saturated rings. The topological polar surface area (TPSA) is 61.4 Å². The minimum absolute atomic E-state index is 0.0167. The number of piperidine rings is 1. The molecule has 1 aliphatic rings. The molecule has 25 heavy (non-hydrogen) atoms. The molecule has 5 nitrogen and oxygen atoms in total. The summed E-state index contributed by atoms with van der Waals surface area (Å²) in [6, 6.07) is 13.3. The van der Waals surface area contributed by atoms with Crippen molar-refractivity contribution in [2.24, 2.45) is 0 Å². The van der Waals surface area contributed by atoms with E-state index >= 15 is 0 Å². The van der Waals surface area contributed by atoms with E-state index in [1.165, 1.54) is 0 Å². The van der Waals surface area contributed by atoms with E-state index in [2.05, 4.69) is 10.6 Å². The fourth-order valence-electron chi connectivity index (χ4n) is 2.97. The van der Waals surface area contributed by atoms with Gasteiger partial charge < -0.3 is 15.5 Å². The van der Waals surface area contributed by atoms with Gasteiger partial charge in [-0.15, -0.1) is 11.3 Å². The lowest BCUT2D eigenvalue weighted by Crippen LogP contribution is -2.49. The fourth-order valence-corrected chi connectivity index (χ4v) is 3.70. The highest BCUT2D eigenvalue weighted by atomic mass is 32.1. The van der Waals surface area contributed by atoms with Gasteiger partial charge >= 0.3 is 6.03 Å². The van der Waals surface area contributed by atoms with Gasteiger partial charge in [0, 0.05) is 29.6 Å². The van der Waals surface area contributed by atoms with Crippen molar-refractivity contribution in [1.29, 1.82) is 0 Å². The monoisotopic (exact) mass is 357 g/mol. The summed E-state index contributed by atoms with van der Waals surface area (Å²) in [5, 5.41) is 8.12. The first kappa shape index (κ1) is 17.5. The predicted molar refractivity (Wildman–Crippen MR) is 99.8 cm³/mol. The van der Waals surface area contributed by atoms with Crippen LogP contribution in [0.1, 0.15) is 41.0 Å². The Hall–Kier alpha value is -2.34. The second kappa shape index (κ2) is 8.16. The van der Waals surface area contributed by atoms with Crippen molar-refractivity contribution in [3.05, 3.63) is 58.3 Å². The number of carbonyl (C=O) groups is 2. The van der Waals surface area contributed by atoms with Crippen molar-refractivity contribution >= 4 is 23.3 Å². The van der Waals surface area contributed by atoms with Gasteiger partial charge in [0.15, 0.2) is 0 Å². The molecule has 1 atom stereocenters. The van der Waals surface area contributed by atoms with Crippen molar-refractivity contribution in [1.82, 2.24) is 15.5 Å². The summed E-state index contributed by atoms with van der Waals surface area (Å²) in [5.41, 5.74) is 0.674. The Morgan fingerprint density at radius 2 is 1.84 bits per heavy atom. The van der Waals surface area contributed by atoms with Gasteiger partial charge in [0.25, 0.3) is 5.91 Å². The van der Waals surface area contributed by atoms with Crippen LogP contribution in [-0.4, -0.2) is 36.0 Å². The zero-order valence-corrected chi connectivity index (χ0v) is 15.1. The maximum atomic E-state index is 12.4. The molecule has 132 valence electrons. The zero-order chi connectivity index (χ0) is 17.6. The van der Waals surface area contributed by atoms with E-state index in [0.29, 0.717) is 18.7 Å². The lowest BCUT2D eigenvalue weighted by atomic mass is 10.0.